The van der Waals surface area contributed by atoms with Crippen LogP contribution >= 0.6 is 110 Å². The fraction of sp³-hybridized carbons (Fsp3) is 0.316. The summed E-state index contributed by atoms with van der Waals surface area (Å²) < 4.78 is 1.99. The Morgan fingerprint density at radius 2 is 0.786 bits per heavy atom. The van der Waals surface area contributed by atoms with Crippen molar-refractivity contribution in [2.24, 2.45) is 9.98 Å². The summed E-state index contributed by atoms with van der Waals surface area (Å²) in [5, 5.41) is 45.4. The molecule has 2 aliphatic rings. The van der Waals surface area contributed by atoms with Gasteiger partial charge in [0.1, 0.15) is 23.0 Å². The molecule has 2 saturated heterocycles. The molecule has 0 radical (unpaired) electrons. The van der Waals surface area contributed by atoms with Gasteiger partial charge in [0.2, 0.25) is 0 Å². The molecule has 4 N–H and O–H groups in total. The molecule has 56 heavy (non-hydrogen) atoms. The van der Waals surface area contributed by atoms with Gasteiger partial charge in [-0.25, -0.2) is 0 Å². The number of aliphatic imine (C=N–C) groups is 2. The first kappa shape index (κ1) is 43.9. The largest absolute Gasteiger partial charge is 0.506 e. The number of phenols is 4. The maximum atomic E-state index is 11.3. The van der Waals surface area contributed by atoms with Gasteiger partial charge in [0.05, 0.1) is 43.3 Å². The number of rotatable bonds is 13. The van der Waals surface area contributed by atoms with Crippen molar-refractivity contribution in [3.05, 3.63) is 109 Å². The highest BCUT2D eigenvalue weighted by molar-refractivity contribution is 9.11. The molecule has 0 unspecified atom stereocenters. The predicted molar refractivity (Wildman–Crippen MR) is 240 cm³/mol. The van der Waals surface area contributed by atoms with Gasteiger partial charge in [-0.3, -0.25) is 29.6 Å². The van der Waals surface area contributed by atoms with Gasteiger partial charge < -0.3 is 20.4 Å². The van der Waals surface area contributed by atoms with Crippen LogP contribution in [0, 0.1) is 0 Å². The molecule has 18 heteroatoms. The van der Waals surface area contributed by atoms with Crippen molar-refractivity contribution in [3.63, 3.8) is 0 Å². The number of aromatic hydroxyl groups is 4. The molecule has 0 spiro atoms. The summed E-state index contributed by atoms with van der Waals surface area (Å²) in [5.41, 5.74) is 2.36. The highest BCUT2D eigenvalue weighted by atomic mass is 79.9. The van der Waals surface area contributed by atoms with E-state index < -0.39 is 0 Å². The molecule has 0 saturated carbocycles. The summed E-state index contributed by atoms with van der Waals surface area (Å²) in [5.74, 6) is 0.361. The van der Waals surface area contributed by atoms with E-state index >= 15 is 0 Å². The Bertz CT molecular complexity index is 2000. The van der Waals surface area contributed by atoms with Gasteiger partial charge in [0.25, 0.3) is 0 Å². The van der Waals surface area contributed by atoms with Crippen LogP contribution in [0.4, 0.5) is 0 Å². The lowest BCUT2D eigenvalue weighted by Crippen LogP contribution is -2.39. The minimum absolute atomic E-state index is 0.0632. The van der Waals surface area contributed by atoms with Crippen molar-refractivity contribution in [2.75, 3.05) is 65.4 Å². The molecule has 4 aromatic rings. The van der Waals surface area contributed by atoms with E-state index in [9.17, 15) is 20.4 Å². The highest BCUT2D eigenvalue weighted by Crippen LogP contribution is 2.43. The van der Waals surface area contributed by atoms with Crippen molar-refractivity contribution < 1.29 is 20.4 Å². The number of nitrogens with zero attached hydrogens (tertiary/aromatic N) is 6. The quantitative estimate of drug-likeness (QED) is 0.0978. The lowest BCUT2D eigenvalue weighted by Gasteiger charge is -2.35. The van der Waals surface area contributed by atoms with Crippen LogP contribution in [0.2, 0.25) is 20.1 Å². The second-order valence-corrected chi connectivity index (χ2v) is 18.4. The lowest BCUT2D eigenvalue weighted by atomic mass is 10.1. The van der Waals surface area contributed by atoms with Crippen LogP contribution in [-0.4, -0.2) is 118 Å². The zero-order valence-corrected chi connectivity index (χ0v) is 38.9. The van der Waals surface area contributed by atoms with Crippen molar-refractivity contribution in [1.82, 2.24) is 19.6 Å². The average molecular weight is 1100 g/mol. The van der Waals surface area contributed by atoms with Crippen molar-refractivity contribution >= 4 is 123 Å². The van der Waals surface area contributed by atoms with Crippen molar-refractivity contribution in [1.29, 1.82) is 0 Å². The molecule has 298 valence electrons. The van der Waals surface area contributed by atoms with Crippen LogP contribution in [0.25, 0.3) is 0 Å². The summed E-state index contributed by atoms with van der Waals surface area (Å²) >= 11 is 39.1. The summed E-state index contributed by atoms with van der Waals surface area (Å²) in [7, 11) is 0. The van der Waals surface area contributed by atoms with E-state index in [0.29, 0.717) is 113 Å². The van der Waals surface area contributed by atoms with E-state index in [1.165, 1.54) is 0 Å². The Morgan fingerprint density at radius 3 is 1.14 bits per heavy atom. The Labute approximate surface area is 378 Å². The van der Waals surface area contributed by atoms with Crippen LogP contribution in [0.1, 0.15) is 34.6 Å². The average Bonchev–Trinajstić information content (AvgIpc) is 3.74. The van der Waals surface area contributed by atoms with Gasteiger partial charge in [0.15, 0.2) is 0 Å². The zero-order valence-electron chi connectivity index (χ0n) is 29.5. The first-order chi connectivity index (χ1) is 26.7. The SMILES string of the molecule is Oc1c(Br)cc(Cl)cc1C=NCCN1CCN(CCN2CCN(CCN=Cc3cc(Cl)cc(Br)c3O)[C@@H]2c2cc(Cl)cc(Br)c2O)[C@H]1c1cc(Cl)cc(Br)c1O. The topological polar surface area (TPSA) is 119 Å². The molecule has 0 amide bonds. The first-order valence-corrected chi connectivity index (χ1v) is 22.1. The summed E-state index contributed by atoms with van der Waals surface area (Å²) in [4.78, 5) is 18.3. The Morgan fingerprint density at radius 1 is 0.482 bits per heavy atom. The maximum absolute atomic E-state index is 11.3. The summed E-state index contributed by atoms with van der Waals surface area (Å²) in [6.07, 6.45) is 2.60. The minimum atomic E-state index is -0.308. The van der Waals surface area contributed by atoms with Gasteiger partial charge in [-0.05, 0) is 112 Å². The third kappa shape index (κ3) is 10.4. The number of benzene rings is 4. The Hall–Kier alpha value is -1.66. The minimum Gasteiger partial charge on any atom is -0.506 e. The molecule has 2 atom stereocenters. The second kappa shape index (κ2) is 19.6. The van der Waals surface area contributed by atoms with Gasteiger partial charge in [-0.1, -0.05) is 46.4 Å². The standard InChI is InChI=1S/C38H36Br4Cl4N6O4/c39-29-15-23(43)11-21(33(29)53)19-47-1-3-49-5-7-51(37(49)27-13-25(45)17-31(41)35(27)55)9-10-52-8-6-50(38(52)28-14-26(46)18-32(42)36(28)56)4-2-48-20-22-12-24(44)16-30(40)34(22)54/h11-20,37-38,53-56H,1-10H2/t37-,38-/m0/s1. The Balaban J connectivity index is 1.21. The van der Waals surface area contributed by atoms with Gasteiger partial charge >= 0.3 is 0 Å². The van der Waals surface area contributed by atoms with E-state index in [0.717, 1.165) is 13.1 Å². The van der Waals surface area contributed by atoms with Gasteiger partial charge in [0, 0.05) is 107 Å². The molecular weight excluding hydrogens is 1070 g/mol. The van der Waals surface area contributed by atoms with Crippen molar-refractivity contribution in [2.45, 2.75) is 12.3 Å². The smallest absolute Gasteiger partial charge is 0.138 e. The third-order valence-corrected chi connectivity index (χ3v) is 13.0. The van der Waals surface area contributed by atoms with E-state index in [4.69, 9.17) is 46.4 Å². The van der Waals surface area contributed by atoms with Crippen LogP contribution < -0.4 is 0 Å². The fourth-order valence-corrected chi connectivity index (χ4v) is 10.4. The molecule has 6 rings (SSSR count). The molecule has 2 fully saturated rings. The van der Waals surface area contributed by atoms with Crippen LogP contribution in [0.3, 0.4) is 0 Å². The fourth-order valence-electron chi connectivity index (χ4n) is 7.08. The summed E-state index contributed by atoms with van der Waals surface area (Å²) in [6, 6.07) is 13.5. The number of hydrogen-bond donors (Lipinski definition) is 4. The zero-order chi connectivity index (χ0) is 40.3. The molecule has 4 aromatic carbocycles. The number of halogens is 8. The lowest BCUT2D eigenvalue weighted by molar-refractivity contribution is 0.0954. The van der Waals surface area contributed by atoms with E-state index in [1.807, 2.05) is 0 Å². The van der Waals surface area contributed by atoms with Crippen molar-refractivity contribution in [3.8, 4) is 23.0 Å². The maximum Gasteiger partial charge on any atom is 0.138 e. The highest BCUT2D eigenvalue weighted by Gasteiger charge is 2.38. The second-order valence-electron chi connectivity index (χ2n) is 13.3. The monoisotopic (exact) mass is 1100 g/mol. The van der Waals surface area contributed by atoms with Crippen LogP contribution in [0.15, 0.2) is 76.4 Å². The molecular formula is C38H36Br4Cl4N6O4. The van der Waals surface area contributed by atoms with Crippen LogP contribution in [0.5, 0.6) is 23.0 Å². The van der Waals surface area contributed by atoms with E-state index in [2.05, 4.69) is 93.3 Å². The molecule has 10 nitrogen and oxygen atoms in total. The number of phenolic OH excluding ortho intramolecular Hbond substituents is 4. The molecule has 0 aliphatic carbocycles. The summed E-state index contributed by atoms with van der Waals surface area (Å²) in [6.45, 7) is 6.13. The van der Waals surface area contributed by atoms with Gasteiger partial charge in [-0.15, -0.1) is 0 Å². The van der Waals surface area contributed by atoms with Gasteiger partial charge in [-0.2, -0.15) is 0 Å². The van der Waals surface area contributed by atoms with E-state index in [-0.39, 0.29) is 35.3 Å². The first-order valence-electron chi connectivity index (χ1n) is 17.4. The molecule has 2 aliphatic heterocycles. The Kier molecular flexibility index (Phi) is 15.4. The van der Waals surface area contributed by atoms with E-state index in [1.54, 1.807) is 61.0 Å². The third-order valence-electron chi connectivity index (χ3n) is 9.69. The normalized spacial score (nSPS) is 18.7. The predicted octanol–water partition coefficient (Wildman–Crippen LogP) is 10.3. The molecule has 0 aromatic heterocycles. The molecule has 2 heterocycles. The number of hydrogen-bond acceptors (Lipinski definition) is 10. The van der Waals surface area contributed by atoms with Crippen LogP contribution in [-0.2, 0) is 0 Å². The molecule has 0 bridgehead atoms.